The Kier molecular flexibility index (Phi) is 1.69. The molecule has 0 saturated carbocycles. The van der Waals surface area contributed by atoms with E-state index in [2.05, 4.69) is 9.98 Å². The monoisotopic (exact) mass is 173 g/mol. The molecule has 0 aliphatic heterocycles. The van der Waals surface area contributed by atoms with Gasteiger partial charge in [0.1, 0.15) is 5.65 Å². The molecular weight excluding hydrogens is 166 g/mol. The molecule has 4 nitrogen and oxygen atoms in total. The molecule has 0 spiro atoms. The van der Waals surface area contributed by atoms with Crippen LogP contribution in [-0.4, -0.2) is 15.5 Å². The Bertz CT molecular complexity index is 495. The van der Waals surface area contributed by atoms with Crippen LogP contribution in [0, 0.1) is 6.92 Å². The normalized spacial score (nSPS) is 9.92. The van der Waals surface area contributed by atoms with Gasteiger partial charge in [0.2, 0.25) is 6.08 Å². The first kappa shape index (κ1) is 7.71. The predicted molar refractivity (Wildman–Crippen MR) is 47.7 cm³/mol. The van der Waals surface area contributed by atoms with Gasteiger partial charge in [0, 0.05) is 6.20 Å². The summed E-state index contributed by atoms with van der Waals surface area (Å²) in [5, 5.41) is 0. The Morgan fingerprint density at radius 2 is 2.46 bits per heavy atom. The van der Waals surface area contributed by atoms with Gasteiger partial charge in [0.15, 0.2) is 5.82 Å². The summed E-state index contributed by atoms with van der Waals surface area (Å²) in [6, 6.07) is 3.87. The van der Waals surface area contributed by atoms with E-state index in [1.165, 1.54) is 6.08 Å². The van der Waals surface area contributed by atoms with Gasteiger partial charge in [-0.3, -0.25) is 0 Å². The number of carbonyl (C=O) groups excluding carboxylic acids is 1. The fourth-order valence-corrected chi connectivity index (χ4v) is 1.24. The lowest BCUT2D eigenvalue weighted by Gasteiger charge is -1.93. The number of rotatable bonds is 1. The van der Waals surface area contributed by atoms with Crippen molar-refractivity contribution >= 4 is 17.5 Å². The van der Waals surface area contributed by atoms with Gasteiger partial charge in [-0.25, -0.2) is 9.78 Å². The number of pyridine rings is 1. The third-order valence-electron chi connectivity index (χ3n) is 1.83. The van der Waals surface area contributed by atoms with Crippen molar-refractivity contribution in [3.63, 3.8) is 0 Å². The third-order valence-corrected chi connectivity index (χ3v) is 1.83. The van der Waals surface area contributed by atoms with E-state index in [-0.39, 0.29) is 0 Å². The number of aliphatic imine (C=N–C) groups is 1. The highest BCUT2D eigenvalue weighted by Gasteiger charge is 2.01. The van der Waals surface area contributed by atoms with E-state index in [0.717, 1.165) is 11.2 Å². The van der Waals surface area contributed by atoms with Crippen LogP contribution in [0.4, 0.5) is 5.82 Å². The van der Waals surface area contributed by atoms with E-state index in [1.807, 2.05) is 29.7 Å². The Morgan fingerprint density at radius 3 is 3.15 bits per heavy atom. The molecule has 0 aliphatic carbocycles. The highest BCUT2D eigenvalue weighted by atomic mass is 16.1. The maximum Gasteiger partial charge on any atom is 0.242 e. The van der Waals surface area contributed by atoms with Crippen molar-refractivity contribution < 1.29 is 4.79 Å². The molecule has 0 aliphatic rings. The fraction of sp³-hybridized carbons (Fsp3) is 0.111. The highest BCUT2D eigenvalue weighted by molar-refractivity contribution is 5.54. The summed E-state index contributed by atoms with van der Waals surface area (Å²) in [5.41, 5.74) is 1.87. The van der Waals surface area contributed by atoms with E-state index in [0.29, 0.717) is 5.82 Å². The van der Waals surface area contributed by atoms with Crippen molar-refractivity contribution in [1.82, 2.24) is 9.38 Å². The van der Waals surface area contributed by atoms with Gasteiger partial charge in [-0.05, 0) is 18.6 Å². The molecule has 4 heteroatoms. The Morgan fingerprint density at radius 1 is 1.62 bits per heavy atom. The molecule has 0 N–H and O–H groups in total. The van der Waals surface area contributed by atoms with Crippen LogP contribution in [-0.2, 0) is 4.79 Å². The first-order chi connectivity index (χ1) is 6.31. The summed E-state index contributed by atoms with van der Waals surface area (Å²) in [4.78, 5) is 17.6. The van der Waals surface area contributed by atoms with Crippen LogP contribution < -0.4 is 0 Å². The largest absolute Gasteiger partial charge is 0.305 e. The molecule has 2 rings (SSSR count). The number of aromatic nitrogens is 2. The van der Waals surface area contributed by atoms with Gasteiger partial charge in [-0.1, -0.05) is 6.07 Å². The molecule has 0 unspecified atom stereocenters. The van der Waals surface area contributed by atoms with Crippen molar-refractivity contribution in [1.29, 1.82) is 0 Å². The number of imidazole rings is 1. The fourth-order valence-electron chi connectivity index (χ4n) is 1.24. The summed E-state index contributed by atoms with van der Waals surface area (Å²) in [6.45, 7) is 1.96. The minimum atomic E-state index is 0.393. The standard InChI is InChI=1S/C9H7N3O/c1-7-3-2-4-12-5-8(10-6-13)11-9(7)12/h2-5H,1H3. The number of fused-ring (bicyclic) bond motifs is 1. The van der Waals surface area contributed by atoms with E-state index >= 15 is 0 Å². The van der Waals surface area contributed by atoms with E-state index in [9.17, 15) is 4.79 Å². The second-order valence-electron chi connectivity index (χ2n) is 2.72. The van der Waals surface area contributed by atoms with Crippen LogP contribution in [0.2, 0.25) is 0 Å². The summed E-state index contributed by atoms with van der Waals surface area (Å²) >= 11 is 0. The van der Waals surface area contributed by atoms with E-state index in [4.69, 9.17) is 0 Å². The number of isocyanates is 1. The Hall–Kier alpha value is -1.93. The summed E-state index contributed by atoms with van der Waals surface area (Å²) < 4.78 is 1.82. The molecule has 0 fully saturated rings. The Balaban J connectivity index is 2.75. The van der Waals surface area contributed by atoms with E-state index < -0.39 is 0 Å². The average Bonchev–Trinajstić information content (AvgIpc) is 2.49. The minimum Gasteiger partial charge on any atom is -0.305 e. The summed E-state index contributed by atoms with van der Waals surface area (Å²) in [6.07, 6.45) is 5.01. The van der Waals surface area contributed by atoms with Gasteiger partial charge < -0.3 is 4.40 Å². The van der Waals surface area contributed by atoms with Crippen LogP contribution in [0.1, 0.15) is 5.56 Å². The van der Waals surface area contributed by atoms with Gasteiger partial charge in [-0.2, -0.15) is 0 Å². The summed E-state index contributed by atoms with van der Waals surface area (Å²) in [7, 11) is 0. The summed E-state index contributed by atoms with van der Waals surface area (Å²) in [5.74, 6) is 0.393. The molecule has 0 bridgehead atoms. The van der Waals surface area contributed by atoms with Crippen molar-refractivity contribution in [2.75, 3.05) is 0 Å². The van der Waals surface area contributed by atoms with Crippen LogP contribution in [0.15, 0.2) is 29.5 Å². The van der Waals surface area contributed by atoms with Crippen molar-refractivity contribution in [3.05, 3.63) is 30.1 Å². The second-order valence-corrected chi connectivity index (χ2v) is 2.72. The molecule has 0 saturated heterocycles. The molecule has 0 atom stereocenters. The lowest BCUT2D eigenvalue weighted by atomic mass is 10.3. The van der Waals surface area contributed by atoms with E-state index in [1.54, 1.807) is 6.20 Å². The first-order valence-corrected chi connectivity index (χ1v) is 3.83. The molecule has 13 heavy (non-hydrogen) atoms. The van der Waals surface area contributed by atoms with Crippen molar-refractivity contribution in [3.8, 4) is 0 Å². The van der Waals surface area contributed by atoms with Crippen LogP contribution in [0.25, 0.3) is 5.65 Å². The highest BCUT2D eigenvalue weighted by Crippen LogP contribution is 2.14. The lowest BCUT2D eigenvalue weighted by molar-refractivity contribution is 0.565. The van der Waals surface area contributed by atoms with Gasteiger partial charge in [0.25, 0.3) is 0 Å². The maximum absolute atomic E-state index is 10.00. The zero-order valence-corrected chi connectivity index (χ0v) is 7.06. The molecule has 0 amide bonds. The average molecular weight is 173 g/mol. The number of hydrogen-bond donors (Lipinski definition) is 0. The maximum atomic E-state index is 10.00. The van der Waals surface area contributed by atoms with Gasteiger partial charge in [0.05, 0.1) is 6.20 Å². The zero-order valence-electron chi connectivity index (χ0n) is 7.06. The molecular formula is C9H7N3O. The lowest BCUT2D eigenvalue weighted by Crippen LogP contribution is -1.83. The third kappa shape index (κ3) is 1.23. The predicted octanol–water partition coefficient (Wildman–Crippen LogP) is 1.61. The SMILES string of the molecule is Cc1cccn2cc(N=C=O)nc12. The number of nitrogens with zero attached hydrogens (tertiary/aromatic N) is 3. The second kappa shape index (κ2) is 2.84. The molecule has 2 aromatic heterocycles. The van der Waals surface area contributed by atoms with Crippen molar-refractivity contribution in [2.24, 2.45) is 4.99 Å². The van der Waals surface area contributed by atoms with Crippen molar-refractivity contribution in [2.45, 2.75) is 6.92 Å². The van der Waals surface area contributed by atoms with Crippen LogP contribution >= 0.6 is 0 Å². The zero-order chi connectivity index (χ0) is 9.26. The number of hydrogen-bond acceptors (Lipinski definition) is 3. The topological polar surface area (TPSA) is 46.7 Å². The molecule has 2 heterocycles. The quantitative estimate of drug-likeness (QED) is 0.485. The van der Waals surface area contributed by atoms with Gasteiger partial charge >= 0.3 is 0 Å². The first-order valence-electron chi connectivity index (χ1n) is 3.83. The molecule has 64 valence electrons. The van der Waals surface area contributed by atoms with Gasteiger partial charge in [-0.15, -0.1) is 4.99 Å². The van der Waals surface area contributed by atoms with Crippen LogP contribution in [0.5, 0.6) is 0 Å². The smallest absolute Gasteiger partial charge is 0.242 e. The molecule has 0 radical (unpaired) electrons. The number of aryl methyl sites for hydroxylation is 1. The van der Waals surface area contributed by atoms with Crippen LogP contribution in [0.3, 0.4) is 0 Å². The molecule has 0 aromatic carbocycles. The Labute approximate surface area is 74.6 Å². The molecule has 2 aromatic rings. The minimum absolute atomic E-state index is 0.393.